The van der Waals surface area contributed by atoms with Crippen molar-refractivity contribution in [2.75, 3.05) is 37.1 Å². The van der Waals surface area contributed by atoms with Crippen LogP contribution in [0.2, 0.25) is 5.02 Å². The van der Waals surface area contributed by atoms with E-state index in [1.54, 1.807) is 49.4 Å². The molecule has 0 radical (unpaired) electrons. The van der Waals surface area contributed by atoms with Gasteiger partial charge in [0, 0.05) is 6.07 Å². The molecule has 1 heterocycles. The predicted molar refractivity (Wildman–Crippen MR) is 174 cm³/mol. The predicted octanol–water partition coefficient (Wildman–Crippen LogP) is 5.82. The number of hydrogen-bond acceptors (Lipinski definition) is 8. The minimum absolute atomic E-state index is 0.190. The molecular formula is C31H29ClIN3O8. The van der Waals surface area contributed by atoms with Crippen LogP contribution >= 0.6 is 34.2 Å². The van der Waals surface area contributed by atoms with Gasteiger partial charge in [0.25, 0.3) is 17.7 Å². The molecule has 11 nitrogen and oxygen atoms in total. The Morgan fingerprint density at radius 1 is 1.00 bits per heavy atom. The number of anilines is 2. The summed E-state index contributed by atoms with van der Waals surface area (Å²) in [5.74, 6) is -0.734. The lowest BCUT2D eigenvalue weighted by atomic mass is 10.1. The molecule has 1 fully saturated rings. The second kappa shape index (κ2) is 14.9. The normalized spacial score (nSPS) is 13.9. The Hall–Kier alpha value is -4.30. The van der Waals surface area contributed by atoms with E-state index in [-0.39, 0.29) is 24.5 Å². The van der Waals surface area contributed by atoms with Gasteiger partial charge >= 0.3 is 6.03 Å². The second-order valence-corrected chi connectivity index (χ2v) is 10.8. The quantitative estimate of drug-likeness (QED) is 0.135. The van der Waals surface area contributed by atoms with E-state index in [4.69, 9.17) is 30.5 Å². The maximum Gasteiger partial charge on any atom is 0.335 e. The summed E-state index contributed by atoms with van der Waals surface area (Å²) in [6.07, 6.45) is 2.13. The van der Waals surface area contributed by atoms with Gasteiger partial charge in [0.1, 0.15) is 5.57 Å². The van der Waals surface area contributed by atoms with E-state index in [9.17, 15) is 19.2 Å². The van der Waals surface area contributed by atoms with Crippen molar-refractivity contribution in [3.8, 4) is 23.0 Å². The molecule has 1 aliphatic rings. The van der Waals surface area contributed by atoms with E-state index in [1.165, 1.54) is 25.3 Å². The van der Waals surface area contributed by atoms with Crippen LogP contribution in [0, 0.1) is 3.57 Å². The Morgan fingerprint density at radius 2 is 1.77 bits per heavy atom. The highest BCUT2D eigenvalue weighted by Crippen LogP contribution is 2.36. The fourth-order valence-corrected chi connectivity index (χ4v) is 5.11. The largest absolute Gasteiger partial charge is 0.493 e. The highest BCUT2D eigenvalue weighted by molar-refractivity contribution is 14.1. The zero-order chi connectivity index (χ0) is 31.8. The Labute approximate surface area is 272 Å². The van der Waals surface area contributed by atoms with Crippen LogP contribution in [0.4, 0.5) is 16.2 Å². The summed E-state index contributed by atoms with van der Waals surface area (Å²) in [4.78, 5) is 52.5. The van der Waals surface area contributed by atoms with E-state index < -0.39 is 23.8 Å². The Balaban J connectivity index is 1.59. The molecule has 13 heteroatoms. The van der Waals surface area contributed by atoms with Gasteiger partial charge in [0.2, 0.25) is 0 Å². The van der Waals surface area contributed by atoms with Gasteiger partial charge in [0.15, 0.2) is 29.6 Å². The maximum absolute atomic E-state index is 13.5. The smallest absolute Gasteiger partial charge is 0.335 e. The number of hydrogen-bond donors (Lipinski definition) is 2. The number of barbiturate groups is 1. The van der Waals surface area contributed by atoms with Crippen molar-refractivity contribution < 1.29 is 38.1 Å². The monoisotopic (exact) mass is 733 g/mol. The van der Waals surface area contributed by atoms with Crippen LogP contribution in [0.1, 0.15) is 25.8 Å². The molecule has 0 aromatic heterocycles. The van der Waals surface area contributed by atoms with Gasteiger partial charge in [-0.3, -0.25) is 19.7 Å². The average Bonchev–Trinajstić information content (AvgIpc) is 2.99. The molecule has 0 atom stereocenters. The van der Waals surface area contributed by atoms with Gasteiger partial charge in [0.05, 0.1) is 40.3 Å². The summed E-state index contributed by atoms with van der Waals surface area (Å²) < 4.78 is 23.1. The lowest BCUT2D eigenvalue weighted by Crippen LogP contribution is -2.54. The van der Waals surface area contributed by atoms with Crippen molar-refractivity contribution in [3.63, 3.8) is 0 Å². The number of nitrogens with zero attached hydrogens (tertiary/aromatic N) is 1. The van der Waals surface area contributed by atoms with Gasteiger partial charge in [-0.15, -0.1) is 0 Å². The maximum atomic E-state index is 13.5. The van der Waals surface area contributed by atoms with Gasteiger partial charge in [-0.05, 0) is 84.0 Å². The third-order valence-corrected chi connectivity index (χ3v) is 7.24. The highest BCUT2D eigenvalue weighted by atomic mass is 127. The molecule has 0 unspecified atom stereocenters. The molecule has 0 spiro atoms. The van der Waals surface area contributed by atoms with Crippen LogP contribution in [0.15, 0.2) is 60.2 Å². The third kappa shape index (κ3) is 7.61. The molecule has 44 heavy (non-hydrogen) atoms. The zero-order valence-corrected chi connectivity index (χ0v) is 27.0. The number of amides is 5. The SMILES string of the molecule is CCCOc1ccc(N2C(=O)NC(=O)/C(=C/c3cc(I)c(OCC(=O)Nc4ccccc4Cl)c(OCC)c3)C2=O)cc1OC. The first-order valence-electron chi connectivity index (χ1n) is 13.5. The fraction of sp³-hybridized carbons (Fsp3) is 0.226. The summed E-state index contributed by atoms with van der Waals surface area (Å²) in [7, 11) is 1.45. The van der Waals surface area contributed by atoms with Gasteiger partial charge in [-0.25, -0.2) is 9.69 Å². The van der Waals surface area contributed by atoms with E-state index in [0.29, 0.717) is 49.4 Å². The molecule has 2 N–H and O–H groups in total. The van der Waals surface area contributed by atoms with Crippen molar-refractivity contribution in [1.82, 2.24) is 5.32 Å². The summed E-state index contributed by atoms with van der Waals surface area (Å²) in [5.41, 5.74) is 0.793. The first kappa shape index (κ1) is 32.6. The highest BCUT2D eigenvalue weighted by Gasteiger charge is 2.37. The first-order chi connectivity index (χ1) is 21.2. The van der Waals surface area contributed by atoms with Crippen molar-refractivity contribution in [3.05, 3.63) is 74.3 Å². The number of urea groups is 1. The standard InChI is InChI=1S/C31H29ClIN3O8/c1-4-12-43-24-11-10-19(16-25(24)41-3)36-30(39)20(29(38)35-31(36)40)13-18-14-22(33)28(26(15-18)42-5-2)44-17-27(37)34-23-9-7-6-8-21(23)32/h6-11,13-16H,4-5,12,17H2,1-3H3,(H,34,37)(H,35,38,40)/b20-13-. The topological polar surface area (TPSA) is 132 Å². The molecule has 3 aromatic rings. The molecule has 1 saturated heterocycles. The molecule has 4 rings (SSSR count). The van der Waals surface area contributed by atoms with Crippen LogP contribution in [-0.2, 0) is 14.4 Å². The molecule has 230 valence electrons. The molecule has 0 bridgehead atoms. The van der Waals surface area contributed by atoms with Gasteiger partial charge in [-0.1, -0.05) is 30.7 Å². The van der Waals surface area contributed by atoms with E-state index >= 15 is 0 Å². The number of benzene rings is 3. The van der Waals surface area contributed by atoms with Crippen LogP contribution < -0.4 is 34.5 Å². The van der Waals surface area contributed by atoms with Crippen molar-refractivity contribution in [1.29, 1.82) is 0 Å². The molecule has 0 aliphatic carbocycles. The van der Waals surface area contributed by atoms with Crippen LogP contribution in [0.25, 0.3) is 6.08 Å². The molecule has 5 amide bonds. The number of carbonyl (C=O) groups excluding carboxylic acids is 4. The molecular weight excluding hydrogens is 705 g/mol. The fourth-order valence-electron chi connectivity index (χ4n) is 4.15. The molecule has 0 saturated carbocycles. The Morgan fingerprint density at radius 3 is 2.48 bits per heavy atom. The minimum atomic E-state index is -0.898. The van der Waals surface area contributed by atoms with Crippen molar-refractivity contribution in [2.24, 2.45) is 0 Å². The number of ether oxygens (including phenoxy) is 4. The van der Waals surface area contributed by atoms with Crippen molar-refractivity contribution >= 4 is 75.4 Å². The van der Waals surface area contributed by atoms with Gasteiger partial charge in [-0.2, -0.15) is 0 Å². The first-order valence-corrected chi connectivity index (χ1v) is 15.0. The number of imide groups is 2. The summed E-state index contributed by atoms with van der Waals surface area (Å²) in [6.45, 7) is 4.15. The summed E-state index contributed by atoms with van der Waals surface area (Å²) in [6, 6.07) is 13.8. The van der Waals surface area contributed by atoms with Gasteiger partial charge < -0.3 is 24.3 Å². The number of methoxy groups -OCH3 is 1. The Kier molecular flexibility index (Phi) is 11.1. The molecule has 3 aromatic carbocycles. The van der Waals surface area contributed by atoms with Crippen molar-refractivity contribution in [2.45, 2.75) is 20.3 Å². The van der Waals surface area contributed by atoms with Crippen LogP contribution in [0.5, 0.6) is 23.0 Å². The third-order valence-electron chi connectivity index (χ3n) is 6.11. The zero-order valence-electron chi connectivity index (χ0n) is 24.1. The number of halogens is 2. The lowest BCUT2D eigenvalue weighted by molar-refractivity contribution is -0.122. The number of carbonyl (C=O) groups is 4. The second-order valence-electron chi connectivity index (χ2n) is 9.22. The average molecular weight is 734 g/mol. The number of nitrogens with one attached hydrogen (secondary N) is 2. The van der Waals surface area contributed by atoms with Crippen LogP contribution in [-0.4, -0.2) is 50.7 Å². The number of para-hydroxylation sites is 1. The summed E-state index contributed by atoms with van der Waals surface area (Å²) >= 11 is 8.12. The van der Waals surface area contributed by atoms with E-state index in [1.807, 2.05) is 29.5 Å². The van der Waals surface area contributed by atoms with E-state index in [0.717, 1.165) is 11.3 Å². The number of rotatable bonds is 12. The minimum Gasteiger partial charge on any atom is -0.493 e. The van der Waals surface area contributed by atoms with Crippen LogP contribution in [0.3, 0.4) is 0 Å². The van der Waals surface area contributed by atoms with E-state index in [2.05, 4.69) is 10.6 Å². The lowest BCUT2D eigenvalue weighted by Gasteiger charge is -2.27. The molecule has 1 aliphatic heterocycles. The summed E-state index contributed by atoms with van der Waals surface area (Å²) in [5, 5.41) is 5.29. The Bertz CT molecular complexity index is 1630.